The number of para-hydroxylation sites is 1. The van der Waals surface area contributed by atoms with Gasteiger partial charge in [0.05, 0.1) is 6.61 Å². The van der Waals surface area contributed by atoms with E-state index in [1.54, 1.807) is 0 Å². The van der Waals surface area contributed by atoms with E-state index in [0.29, 0.717) is 6.61 Å². The zero-order valence-electron chi connectivity index (χ0n) is 11.0. The first-order chi connectivity index (χ1) is 9.31. The van der Waals surface area contributed by atoms with Crippen molar-refractivity contribution in [3.63, 3.8) is 0 Å². The summed E-state index contributed by atoms with van der Waals surface area (Å²) in [5.41, 5.74) is 3.57. The molecule has 0 bridgehead atoms. The standard InChI is InChI=1S/C16H18BrNO/c1-2-19-12-14-8-4-6-10-16(14)18-11-13-7-3-5-9-15(13)17/h3-10,18H,2,11-12H2,1H3. The van der Waals surface area contributed by atoms with Gasteiger partial charge in [0.2, 0.25) is 0 Å². The number of nitrogens with one attached hydrogen (secondary N) is 1. The minimum Gasteiger partial charge on any atom is -0.381 e. The summed E-state index contributed by atoms with van der Waals surface area (Å²) in [6.45, 7) is 4.19. The summed E-state index contributed by atoms with van der Waals surface area (Å²) < 4.78 is 6.62. The molecule has 1 N–H and O–H groups in total. The number of hydrogen-bond acceptors (Lipinski definition) is 2. The Labute approximate surface area is 122 Å². The largest absolute Gasteiger partial charge is 0.381 e. The molecule has 2 nitrogen and oxygen atoms in total. The maximum atomic E-state index is 5.49. The Hall–Kier alpha value is -1.32. The Morgan fingerprint density at radius 1 is 1.00 bits per heavy atom. The highest BCUT2D eigenvalue weighted by Gasteiger charge is 2.03. The van der Waals surface area contributed by atoms with E-state index in [4.69, 9.17) is 4.74 Å². The van der Waals surface area contributed by atoms with Crippen LogP contribution in [0.5, 0.6) is 0 Å². The van der Waals surface area contributed by atoms with Crippen molar-refractivity contribution in [2.45, 2.75) is 20.1 Å². The predicted octanol–water partition coefficient (Wildman–Crippen LogP) is 4.60. The SMILES string of the molecule is CCOCc1ccccc1NCc1ccccc1Br. The molecular weight excluding hydrogens is 302 g/mol. The van der Waals surface area contributed by atoms with Gasteiger partial charge in [0.1, 0.15) is 0 Å². The molecule has 100 valence electrons. The van der Waals surface area contributed by atoms with Crippen LogP contribution >= 0.6 is 15.9 Å². The fourth-order valence-corrected chi connectivity index (χ4v) is 2.29. The van der Waals surface area contributed by atoms with Gasteiger partial charge in [0.25, 0.3) is 0 Å². The third-order valence-corrected chi connectivity index (χ3v) is 3.68. The highest BCUT2D eigenvalue weighted by Crippen LogP contribution is 2.20. The summed E-state index contributed by atoms with van der Waals surface area (Å²) in [7, 11) is 0. The molecule has 0 saturated heterocycles. The summed E-state index contributed by atoms with van der Waals surface area (Å²) in [6.07, 6.45) is 0. The number of halogens is 1. The van der Waals surface area contributed by atoms with Gasteiger partial charge in [-0.15, -0.1) is 0 Å². The second kappa shape index (κ2) is 7.31. The molecule has 0 aliphatic rings. The first-order valence-corrected chi connectivity index (χ1v) is 7.23. The Bertz CT molecular complexity index is 528. The summed E-state index contributed by atoms with van der Waals surface area (Å²) in [5.74, 6) is 0. The summed E-state index contributed by atoms with van der Waals surface area (Å²) in [5, 5.41) is 3.47. The van der Waals surface area contributed by atoms with Gasteiger partial charge in [0.15, 0.2) is 0 Å². The molecule has 0 aliphatic heterocycles. The number of hydrogen-bond donors (Lipinski definition) is 1. The molecule has 0 aromatic heterocycles. The van der Waals surface area contributed by atoms with E-state index in [1.165, 1.54) is 11.1 Å². The quantitative estimate of drug-likeness (QED) is 0.840. The van der Waals surface area contributed by atoms with Gasteiger partial charge in [-0.25, -0.2) is 0 Å². The average molecular weight is 320 g/mol. The predicted molar refractivity (Wildman–Crippen MR) is 83.2 cm³/mol. The number of benzene rings is 2. The molecule has 0 fully saturated rings. The molecule has 0 unspecified atom stereocenters. The van der Waals surface area contributed by atoms with Crippen LogP contribution < -0.4 is 5.32 Å². The molecule has 3 heteroatoms. The molecule has 0 heterocycles. The van der Waals surface area contributed by atoms with E-state index >= 15 is 0 Å². The molecule has 0 atom stereocenters. The molecule has 0 amide bonds. The first-order valence-electron chi connectivity index (χ1n) is 6.44. The van der Waals surface area contributed by atoms with Crippen molar-refractivity contribution in [1.82, 2.24) is 0 Å². The molecule has 0 aliphatic carbocycles. The van der Waals surface area contributed by atoms with Crippen LogP contribution in [0.15, 0.2) is 53.0 Å². The lowest BCUT2D eigenvalue weighted by Gasteiger charge is -2.12. The van der Waals surface area contributed by atoms with Gasteiger partial charge in [0, 0.05) is 28.9 Å². The van der Waals surface area contributed by atoms with Crippen molar-refractivity contribution >= 4 is 21.6 Å². The van der Waals surface area contributed by atoms with Crippen LogP contribution in [0.1, 0.15) is 18.1 Å². The molecule has 0 saturated carbocycles. The topological polar surface area (TPSA) is 21.3 Å². The lowest BCUT2D eigenvalue weighted by atomic mass is 10.1. The van der Waals surface area contributed by atoms with Crippen LogP contribution in [0.3, 0.4) is 0 Å². The first kappa shape index (κ1) is 14.1. The summed E-state index contributed by atoms with van der Waals surface area (Å²) >= 11 is 3.57. The minimum absolute atomic E-state index is 0.648. The zero-order valence-corrected chi connectivity index (χ0v) is 12.6. The van der Waals surface area contributed by atoms with Gasteiger partial charge in [-0.3, -0.25) is 0 Å². The van der Waals surface area contributed by atoms with Crippen LogP contribution in [-0.2, 0) is 17.9 Å². The van der Waals surface area contributed by atoms with E-state index < -0.39 is 0 Å². The maximum absolute atomic E-state index is 5.49. The Morgan fingerprint density at radius 2 is 1.68 bits per heavy atom. The number of rotatable bonds is 6. The average Bonchev–Trinajstić information content (AvgIpc) is 2.45. The van der Waals surface area contributed by atoms with E-state index in [9.17, 15) is 0 Å². The molecule has 0 radical (unpaired) electrons. The summed E-state index contributed by atoms with van der Waals surface area (Å²) in [6, 6.07) is 16.5. The highest BCUT2D eigenvalue weighted by atomic mass is 79.9. The van der Waals surface area contributed by atoms with Crippen molar-refractivity contribution in [2.75, 3.05) is 11.9 Å². The summed E-state index contributed by atoms with van der Waals surface area (Å²) in [4.78, 5) is 0. The molecule has 19 heavy (non-hydrogen) atoms. The van der Waals surface area contributed by atoms with Crippen molar-refractivity contribution in [3.8, 4) is 0 Å². The third-order valence-electron chi connectivity index (χ3n) is 2.91. The van der Waals surface area contributed by atoms with Crippen molar-refractivity contribution in [2.24, 2.45) is 0 Å². The molecule has 0 spiro atoms. The van der Waals surface area contributed by atoms with Gasteiger partial charge in [-0.1, -0.05) is 52.3 Å². The van der Waals surface area contributed by atoms with Crippen molar-refractivity contribution < 1.29 is 4.74 Å². The van der Waals surface area contributed by atoms with Gasteiger partial charge in [-0.05, 0) is 24.6 Å². The molecule has 2 aromatic carbocycles. The second-order valence-corrected chi connectivity index (χ2v) is 5.09. The maximum Gasteiger partial charge on any atom is 0.0736 e. The van der Waals surface area contributed by atoms with E-state index in [2.05, 4.69) is 45.5 Å². The smallest absolute Gasteiger partial charge is 0.0736 e. The second-order valence-electron chi connectivity index (χ2n) is 4.24. The Morgan fingerprint density at radius 3 is 2.42 bits per heavy atom. The minimum atomic E-state index is 0.648. The normalized spacial score (nSPS) is 10.4. The van der Waals surface area contributed by atoms with Gasteiger partial charge in [-0.2, -0.15) is 0 Å². The highest BCUT2D eigenvalue weighted by molar-refractivity contribution is 9.10. The van der Waals surface area contributed by atoms with E-state index in [-0.39, 0.29) is 0 Å². The van der Waals surface area contributed by atoms with Crippen LogP contribution in [-0.4, -0.2) is 6.61 Å². The van der Waals surface area contributed by atoms with Crippen LogP contribution in [0, 0.1) is 0 Å². The zero-order chi connectivity index (χ0) is 13.5. The Balaban J connectivity index is 2.05. The van der Waals surface area contributed by atoms with Gasteiger partial charge >= 0.3 is 0 Å². The molecule has 2 rings (SSSR count). The number of ether oxygens (including phenoxy) is 1. The monoisotopic (exact) mass is 319 g/mol. The van der Waals surface area contributed by atoms with Crippen molar-refractivity contribution in [1.29, 1.82) is 0 Å². The molecular formula is C16H18BrNO. The van der Waals surface area contributed by atoms with Crippen LogP contribution in [0.2, 0.25) is 0 Å². The van der Waals surface area contributed by atoms with Crippen LogP contribution in [0.4, 0.5) is 5.69 Å². The fourth-order valence-electron chi connectivity index (χ4n) is 1.86. The third kappa shape index (κ3) is 4.08. The fraction of sp³-hybridized carbons (Fsp3) is 0.250. The lowest BCUT2D eigenvalue weighted by molar-refractivity contribution is 0.134. The van der Waals surface area contributed by atoms with Crippen molar-refractivity contribution in [3.05, 3.63) is 64.1 Å². The Kier molecular flexibility index (Phi) is 5.43. The van der Waals surface area contributed by atoms with Crippen LogP contribution in [0.25, 0.3) is 0 Å². The van der Waals surface area contributed by atoms with E-state index in [1.807, 2.05) is 31.2 Å². The van der Waals surface area contributed by atoms with E-state index in [0.717, 1.165) is 23.3 Å². The van der Waals surface area contributed by atoms with Gasteiger partial charge < -0.3 is 10.1 Å². The number of anilines is 1. The lowest BCUT2D eigenvalue weighted by Crippen LogP contribution is -2.04. The molecule has 2 aromatic rings.